The van der Waals surface area contributed by atoms with Crippen molar-refractivity contribution in [2.75, 3.05) is 30.4 Å². The fourth-order valence-electron chi connectivity index (χ4n) is 5.15. The molecule has 0 saturated carbocycles. The number of piperazine rings is 1. The van der Waals surface area contributed by atoms with E-state index in [0.717, 1.165) is 0 Å². The number of hydrogen-bond acceptors (Lipinski definition) is 5. The van der Waals surface area contributed by atoms with Crippen molar-refractivity contribution in [3.8, 4) is 11.5 Å². The van der Waals surface area contributed by atoms with Crippen LogP contribution in [-0.4, -0.2) is 64.9 Å². The Balaban J connectivity index is 1.67. The van der Waals surface area contributed by atoms with Gasteiger partial charge in [-0.2, -0.15) is 0 Å². The Morgan fingerprint density at radius 2 is 1.55 bits per heavy atom. The second-order valence-electron chi connectivity index (χ2n) is 12.0. The molecule has 0 aliphatic carbocycles. The average Bonchev–Trinajstić information content (AvgIpc) is 2.99. The predicted molar refractivity (Wildman–Crippen MR) is 168 cm³/mol. The summed E-state index contributed by atoms with van der Waals surface area (Å²) in [6, 6.07) is 20.1. The molecule has 234 valence electrons. The molecule has 0 radical (unpaired) electrons. The zero-order valence-corrected chi connectivity index (χ0v) is 26.5. The zero-order valence-electron chi connectivity index (χ0n) is 25.7. The van der Waals surface area contributed by atoms with Gasteiger partial charge in [-0.3, -0.25) is 14.5 Å². The molecule has 0 N–H and O–H groups in total. The first-order valence-corrected chi connectivity index (χ1v) is 15.2. The molecule has 3 aromatic carbocycles. The van der Waals surface area contributed by atoms with Crippen LogP contribution in [0.3, 0.4) is 0 Å². The van der Waals surface area contributed by atoms with E-state index in [9.17, 15) is 18.8 Å². The third-order valence-electron chi connectivity index (χ3n) is 7.28. The lowest BCUT2D eigenvalue weighted by Gasteiger charge is -2.45. The summed E-state index contributed by atoms with van der Waals surface area (Å²) in [5, 5.41) is 0. The smallest absolute Gasteiger partial charge is 0.410 e. The maximum absolute atomic E-state index is 14.4. The number of carbonyl (C=O) groups is 3. The van der Waals surface area contributed by atoms with E-state index in [4.69, 9.17) is 21.1 Å². The number of anilines is 1. The Labute approximate surface area is 263 Å². The molecule has 1 saturated heterocycles. The Morgan fingerprint density at radius 3 is 2.11 bits per heavy atom. The molecule has 3 amide bonds. The van der Waals surface area contributed by atoms with Crippen LogP contribution < -0.4 is 9.64 Å². The first-order valence-electron chi connectivity index (χ1n) is 14.6. The Morgan fingerprint density at radius 1 is 0.932 bits per heavy atom. The number of amides is 3. The molecule has 44 heavy (non-hydrogen) atoms. The predicted octanol–water partition coefficient (Wildman–Crippen LogP) is 7.04. The number of carbonyl (C=O) groups excluding carboxylic acids is 3. The second kappa shape index (κ2) is 14.1. The van der Waals surface area contributed by atoms with Crippen LogP contribution in [0.2, 0.25) is 0 Å². The van der Waals surface area contributed by atoms with Gasteiger partial charge in [-0.05, 0) is 80.8 Å². The molecule has 1 heterocycles. The molecular weight excluding hydrogens is 585 g/mol. The minimum absolute atomic E-state index is 0.0140. The van der Waals surface area contributed by atoms with Crippen molar-refractivity contribution in [1.29, 1.82) is 0 Å². The van der Waals surface area contributed by atoms with E-state index in [1.54, 1.807) is 34.1 Å². The summed E-state index contributed by atoms with van der Waals surface area (Å²) in [6.07, 6.45) is -0.435. The summed E-state index contributed by atoms with van der Waals surface area (Å²) in [5.41, 5.74) is 0.185. The van der Waals surface area contributed by atoms with Crippen molar-refractivity contribution in [2.24, 2.45) is 5.92 Å². The van der Waals surface area contributed by atoms with Crippen LogP contribution in [0.15, 0.2) is 78.9 Å². The normalized spacial score (nSPS) is 16.0. The molecular formula is C34H39ClFN3O5. The third kappa shape index (κ3) is 8.08. The van der Waals surface area contributed by atoms with Crippen molar-refractivity contribution in [2.45, 2.75) is 52.3 Å². The topological polar surface area (TPSA) is 79.4 Å². The van der Waals surface area contributed by atoms with Crippen LogP contribution in [0.4, 0.5) is 14.9 Å². The van der Waals surface area contributed by atoms with Crippen molar-refractivity contribution in [1.82, 2.24) is 9.80 Å². The molecule has 0 aromatic heterocycles. The quantitative estimate of drug-likeness (QED) is 0.252. The molecule has 0 spiro atoms. The molecule has 8 nitrogen and oxygen atoms in total. The molecule has 0 bridgehead atoms. The van der Waals surface area contributed by atoms with E-state index < -0.39 is 29.5 Å². The number of ether oxygens (including phenoxy) is 2. The monoisotopic (exact) mass is 623 g/mol. The average molecular weight is 624 g/mol. The summed E-state index contributed by atoms with van der Waals surface area (Å²) in [6.45, 7) is 10.1. The van der Waals surface area contributed by atoms with E-state index in [-0.39, 0.29) is 43.4 Å². The van der Waals surface area contributed by atoms with Gasteiger partial charge in [0.05, 0.1) is 6.04 Å². The van der Waals surface area contributed by atoms with E-state index in [1.807, 2.05) is 65.0 Å². The van der Waals surface area contributed by atoms with Crippen LogP contribution in [0.25, 0.3) is 0 Å². The molecule has 10 heteroatoms. The summed E-state index contributed by atoms with van der Waals surface area (Å²) >= 11 is 6.10. The highest BCUT2D eigenvalue weighted by molar-refractivity contribution is 6.29. The van der Waals surface area contributed by atoms with Crippen LogP contribution in [-0.2, 0) is 14.3 Å². The third-order valence-corrected chi connectivity index (χ3v) is 7.51. The number of hydrogen-bond donors (Lipinski definition) is 0. The number of alkyl halides is 1. The lowest BCUT2D eigenvalue weighted by molar-refractivity contribution is -0.137. The SMILES string of the molecule is CC(C)[C@@H]1CN(C(=O)C(c2ccc(F)cc2)N(C(=O)CCl)c2ccc(Oc3ccccc3)cc2)CCN1C(=O)OC(C)(C)C. The van der Waals surface area contributed by atoms with Gasteiger partial charge in [-0.1, -0.05) is 44.2 Å². The standard InChI is InChI=1S/C34H39ClFN3O5/c1-23(2)29-22-37(19-20-38(29)33(42)44-34(3,4)5)32(41)31(24-11-13-25(36)14-12-24)39(30(40)21-35)26-15-17-28(18-16-26)43-27-9-7-6-8-10-27/h6-18,23,29,31H,19-22H2,1-5H3/t29-,31?/m0/s1. The number of nitrogens with zero attached hydrogens (tertiary/aromatic N) is 3. The van der Waals surface area contributed by atoms with Gasteiger partial charge in [0.15, 0.2) is 0 Å². The van der Waals surface area contributed by atoms with Crippen molar-refractivity contribution >= 4 is 35.2 Å². The lowest BCUT2D eigenvalue weighted by atomic mass is 9.97. The van der Waals surface area contributed by atoms with Crippen molar-refractivity contribution in [3.05, 3.63) is 90.2 Å². The molecule has 3 aromatic rings. The number of halogens is 2. The molecule has 2 atom stereocenters. The highest BCUT2D eigenvalue weighted by Crippen LogP contribution is 2.33. The number of benzene rings is 3. The zero-order chi connectivity index (χ0) is 32.0. The number of para-hydroxylation sites is 1. The molecule has 1 aliphatic heterocycles. The fourth-order valence-corrected chi connectivity index (χ4v) is 5.28. The van der Waals surface area contributed by atoms with E-state index in [1.165, 1.54) is 29.2 Å². The Bertz CT molecular complexity index is 1430. The first kappa shape index (κ1) is 32.8. The maximum Gasteiger partial charge on any atom is 0.410 e. The van der Waals surface area contributed by atoms with Gasteiger partial charge in [0, 0.05) is 25.3 Å². The summed E-state index contributed by atoms with van der Waals surface area (Å²) in [4.78, 5) is 45.6. The van der Waals surface area contributed by atoms with Gasteiger partial charge < -0.3 is 19.3 Å². The highest BCUT2D eigenvalue weighted by Gasteiger charge is 2.41. The van der Waals surface area contributed by atoms with Crippen LogP contribution in [0.5, 0.6) is 11.5 Å². The van der Waals surface area contributed by atoms with E-state index in [2.05, 4.69) is 0 Å². The van der Waals surface area contributed by atoms with Gasteiger partial charge in [0.25, 0.3) is 5.91 Å². The summed E-state index contributed by atoms with van der Waals surface area (Å²) < 4.78 is 25.5. The first-order chi connectivity index (χ1) is 20.9. The van der Waals surface area contributed by atoms with Gasteiger partial charge in [0.2, 0.25) is 5.91 Å². The summed E-state index contributed by atoms with van der Waals surface area (Å²) in [7, 11) is 0. The van der Waals surface area contributed by atoms with Crippen molar-refractivity contribution < 1.29 is 28.2 Å². The molecule has 1 fully saturated rings. The Hall–Kier alpha value is -4.11. The molecule has 1 aliphatic rings. The van der Waals surface area contributed by atoms with Crippen LogP contribution in [0.1, 0.15) is 46.2 Å². The van der Waals surface area contributed by atoms with Gasteiger partial charge in [-0.25, -0.2) is 9.18 Å². The largest absolute Gasteiger partial charge is 0.457 e. The summed E-state index contributed by atoms with van der Waals surface area (Å²) in [5.74, 6) is -0.509. The highest BCUT2D eigenvalue weighted by atomic mass is 35.5. The Kier molecular flexibility index (Phi) is 10.5. The van der Waals surface area contributed by atoms with E-state index >= 15 is 0 Å². The van der Waals surface area contributed by atoms with E-state index in [0.29, 0.717) is 22.7 Å². The molecule has 1 unspecified atom stereocenters. The van der Waals surface area contributed by atoms with Gasteiger partial charge >= 0.3 is 6.09 Å². The van der Waals surface area contributed by atoms with Gasteiger partial charge in [-0.15, -0.1) is 11.6 Å². The minimum Gasteiger partial charge on any atom is -0.457 e. The van der Waals surface area contributed by atoms with Crippen LogP contribution >= 0.6 is 11.6 Å². The second-order valence-corrected chi connectivity index (χ2v) is 12.3. The van der Waals surface area contributed by atoms with Crippen molar-refractivity contribution in [3.63, 3.8) is 0 Å². The van der Waals surface area contributed by atoms with Gasteiger partial charge in [0.1, 0.15) is 34.8 Å². The lowest BCUT2D eigenvalue weighted by Crippen LogP contribution is -2.60. The minimum atomic E-state index is -1.14. The fraction of sp³-hybridized carbons (Fsp3) is 0.382. The maximum atomic E-state index is 14.4. The number of rotatable bonds is 8. The molecule has 4 rings (SSSR count). The van der Waals surface area contributed by atoms with Crippen LogP contribution in [0, 0.1) is 11.7 Å².